The second-order valence-corrected chi connectivity index (χ2v) is 4.88. The van der Waals surface area contributed by atoms with E-state index in [2.05, 4.69) is 15.9 Å². The van der Waals surface area contributed by atoms with Crippen molar-refractivity contribution in [2.75, 3.05) is 12.5 Å². The summed E-state index contributed by atoms with van der Waals surface area (Å²) in [7, 11) is 0. The molecule has 0 aliphatic heterocycles. The van der Waals surface area contributed by atoms with Gasteiger partial charge >= 0.3 is 5.97 Å². The van der Waals surface area contributed by atoms with Gasteiger partial charge in [-0.3, -0.25) is 9.59 Å². The zero-order valence-electron chi connectivity index (χ0n) is 10.0. The molecule has 98 valence electrons. The van der Waals surface area contributed by atoms with E-state index in [1.807, 2.05) is 0 Å². The molecule has 0 aliphatic carbocycles. The van der Waals surface area contributed by atoms with Crippen molar-refractivity contribution < 1.29 is 14.3 Å². The summed E-state index contributed by atoms with van der Waals surface area (Å²) in [5.74, 6) is 0.0209. The summed E-state index contributed by atoms with van der Waals surface area (Å²) in [6.07, 6.45) is 0.504. The van der Waals surface area contributed by atoms with Crippen LogP contribution in [-0.4, -0.2) is 24.2 Å². The van der Waals surface area contributed by atoms with Gasteiger partial charge in [-0.2, -0.15) is 0 Å². The summed E-state index contributed by atoms with van der Waals surface area (Å²) in [6, 6.07) is 5.17. The predicted octanol–water partition coefficient (Wildman–Crippen LogP) is 3.37. The predicted molar refractivity (Wildman–Crippen MR) is 74.1 cm³/mol. The van der Waals surface area contributed by atoms with Crippen LogP contribution in [0.25, 0.3) is 0 Å². The van der Waals surface area contributed by atoms with Crippen molar-refractivity contribution in [1.29, 1.82) is 0 Å². The lowest BCUT2D eigenvalue weighted by Gasteiger charge is -2.06. The Morgan fingerprint density at radius 1 is 1.39 bits per heavy atom. The first-order chi connectivity index (χ1) is 8.58. The van der Waals surface area contributed by atoms with Crippen LogP contribution in [0.3, 0.4) is 0 Å². The van der Waals surface area contributed by atoms with Crippen LogP contribution in [0.1, 0.15) is 29.3 Å². The Kier molecular flexibility index (Phi) is 6.36. The quantitative estimate of drug-likeness (QED) is 0.455. The maximum absolute atomic E-state index is 11.6. The van der Waals surface area contributed by atoms with Crippen molar-refractivity contribution in [2.24, 2.45) is 0 Å². The zero-order valence-corrected chi connectivity index (χ0v) is 12.4. The highest BCUT2D eigenvalue weighted by atomic mass is 79.9. The van der Waals surface area contributed by atoms with Gasteiger partial charge in [0.25, 0.3) is 0 Å². The van der Waals surface area contributed by atoms with Crippen LogP contribution < -0.4 is 0 Å². The molecule has 0 spiro atoms. The molecule has 0 saturated heterocycles. The normalized spacial score (nSPS) is 10.2. The average molecular weight is 334 g/mol. The van der Waals surface area contributed by atoms with Gasteiger partial charge in [-0.1, -0.05) is 28.1 Å². The Morgan fingerprint density at radius 3 is 2.67 bits per heavy atom. The number of ether oxygens (including phenoxy) is 1. The minimum absolute atomic E-state index is 0.00613. The largest absolute Gasteiger partial charge is 0.466 e. The van der Waals surface area contributed by atoms with Crippen LogP contribution in [0.2, 0.25) is 0 Å². The van der Waals surface area contributed by atoms with Crippen LogP contribution >= 0.6 is 27.5 Å². The monoisotopic (exact) mass is 332 g/mol. The molecule has 0 radical (unpaired) electrons. The van der Waals surface area contributed by atoms with Crippen molar-refractivity contribution in [3.8, 4) is 0 Å². The van der Waals surface area contributed by atoms with Crippen LogP contribution in [0.15, 0.2) is 22.7 Å². The summed E-state index contributed by atoms with van der Waals surface area (Å²) >= 11 is 8.88. The Hall–Kier alpha value is -0.870. The topological polar surface area (TPSA) is 43.4 Å². The van der Waals surface area contributed by atoms with E-state index in [4.69, 9.17) is 16.3 Å². The molecular formula is C13H14BrClO3. The van der Waals surface area contributed by atoms with Crippen LogP contribution in [-0.2, 0) is 16.0 Å². The maximum Gasteiger partial charge on any atom is 0.310 e. The summed E-state index contributed by atoms with van der Waals surface area (Å²) in [5, 5.41) is 0. The van der Waals surface area contributed by atoms with Gasteiger partial charge in [0, 0.05) is 22.3 Å². The fraction of sp³-hybridized carbons (Fsp3) is 0.385. The standard InChI is InChI=1S/C13H14BrClO3/c1-2-18-13(17)8-9-3-4-10(7-11(9)14)12(16)5-6-15/h3-4,7H,2,5-6,8H2,1H3. The van der Waals surface area contributed by atoms with E-state index in [-0.39, 0.29) is 18.2 Å². The molecule has 0 N–H and O–H groups in total. The second-order valence-electron chi connectivity index (χ2n) is 3.65. The number of carbonyl (C=O) groups is 2. The highest BCUT2D eigenvalue weighted by molar-refractivity contribution is 9.10. The van der Waals surface area contributed by atoms with E-state index in [1.54, 1.807) is 25.1 Å². The molecule has 1 rings (SSSR count). The number of halogens is 2. The third-order valence-corrected chi connectivity index (χ3v) is 3.26. The highest BCUT2D eigenvalue weighted by Gasteiger charge is 2.11. The van der Waals surface area contributed by atoms with Crippen molar-refractivity contribution in [3.05, 3.63) is 33.8 Å². The fourth-order valence-electron chi connectivity index (χ4n) is 1.46. The molecule has 1 aromatic rings. The number of alkyl halides is 1. The molecule has 0 aromatic heterocycles. The first kappa shape index (κ1) is 15.2. The first-order valence-corrected chi connectivity index (χ1v) is 6.94. The summed E-state index contributed by atoms with van der Waals surface area (Å²) in [4.78, 5) is 23.0. The maximum atomic E-state index is 11.6. The Bertz CT molecular complexity index is 446. The lowest BCUT2D eigenvalue weighted by Crippen LogP contribution is -2.08. The van der Waals surface area contributed by atoms with Crippen LogP contribution in [0, 0.1) is 0 Å². The molecule has 0 unspecified atom stereocenters. The van der Waals surface area contributed by atoms with Crippen molar-refractivity contribution >= 4 is 39.3 Å². The van der Waals surface area contributed by atoms with Crippen LogP contribution in [0.4, 0.5) is 0 Å². The van der Waals surface area contributed by atoms with Gasteiger partial charge in [0.2, 0.25) is 0 Å². The Balaban J connectivity index is 2.79. The number of carbonyl (C=O) groups excluding carboxylic acids is 2. The summed E-state index contributed by atoms with van der Waals surface area (Å²) < 4.78 is 5.61. The molecule has 0 amide bonds. The molecular weight excluding hydrogens is 319 g/mol. The Labute approximate surface area is 120 Å². The molecule has 0 saturated carbocycles. The van der Waals surface area contributed by atoms with E-state index in [1.165, 1.54) is 0 Å². The third kappa shape index (κ3) is 4.42. The SMILES string of the molecule is CCOC(=O)Cc1ccc(C(=O)CCCl)cc1Br. The first-order valence-electron chi connectivity index (χ1n) is 5.61. The highest BCUT2D eigenvalue weighted by Crippen LogP contribution is 2.20. The molecule has 0 fully saturated rings. The summed E-state index contributed by atoms with van der Waals surface area (Å²) in [5.41, 5.74) is 1.39. The molecule has 1 aromatic carbocycles. The van der Waals surface area contributed by atoms with E-state index in [0.29, 0.717) is 24.5 Å². The molecule has 0 heterocycles. The zero-order chi connectivity index (χ0) is 13.5. The number of Topliss-reactive ketones (excluding diaryl/α,β-unsaturated/α-hetero) is 1. The van der Waals surface area contributed by atoms with Gasteiger partial charge in [0.1, 0.15) is 0 Å². The number of ketones is 1. The van der Waals surface area contributed by atoms with Gasteiger partial charge < -0.3 is 4.74 Å². The minimum Gasteiger partial charge on any atom is -0.466 e. The van der Waals surface area contributed by atoms with Crippen molar-refractivity contribution in [2.45, 2.75) is 19.8 Å². The Morgan fingerprint density at radius 2 is 2.11 bits per heavy atom. The molecule has 0 bridgehead atoms. The second kappa shape index (κ2) is 7.54. The van der Waals surface area contributed by atoms with E-state index in [0.717, 1.165) is 10.0 Å². The summed E-state index contributed by atoms with van der Waals surface area (Å²) in [6.45, 7) is 2.13. The molecule has 0 atom stereocenters. The number of rotatable bonds is 6. The van der Waals surface area contributed by atoms with Crippen molar-refractivity contribution in [3.63, 3.8) is 0 Å². The lowest BCUT2D eigenvalue weighted by molar-refractivity contribution is -0.142. The fourth-order valence-corrected chi connectivity index (χ4v) is 2.15. The van der Waals surface area contributed by atoms with E-state index >= 15 is 0 Å². The van der Waals surface area contributed by atoms with E-state index in [9.17, 15) is 9.59 Å². The van der Waals surface area contributed by atoms with Gasteiger partial charge in [0.05, 0.1) is 13.0 Å². The molecule has 5 heteroatoms. The molecule has 3 nitrogen and oxygen atoms in total. The van der Waals surface area contributed by atoms with Gasteiger partial charge in [-0.25, -0.2) is 0 Å². The smallest absolute Gasteiger partial charge is 0.310 e. The third-order valence-electron chi connectivity index (χ3n) is 2.34. The average Bonchev–Trinajstić information content (AvgIpc) is 2.32. The minimum atomic E-state index is -0.280. The van der Waals surface area contributed by atoms with Gasteiger partial charge in [-0.05, 0) is 18.6 Å². The number of benzene rings is 1. The van der Waals surface area contributed by atoms with Crippen molar-refractivity contribution in [1.82, 2.24) is 0 Å². The van der Waals surface area contributed by atoms with Crippen LogP contribution in [0.5, 0.6) is 0 Å². The molecule has 18 heavy (non-hydrogen) atoms. The lowest BCUT2D eigenvalue weighted by atomic mass is 10.1. The van der Waals surface area contributed by atoms with E-state index < -0.39 is 0 Å². The van der Waals surface area contributed by atoms with Gasteiger partial charge in [-0.15, -0.1) is 11.6 Å². The number of hydrogen-bond donors (Lipinski definition) is 0. The number of esters is 1. The molecule has 0 aliphatic rings. The number of hydrogen-bond acceptors (Lipinski definition) is 3. The van der Waals surface area contributed by atoms with Gasteiger partial charge in [0.15, 0.2) is 5.78 Å².